The van der Waals surface area contributed by atoms with Gasteiger partial charge in [0.1, 0.15) is 12.2 Å². The van der Waals surface area contributed by atoms with Crippen molar-refractivity contribution in [2.24, 2.45) is 13.0 Å². The summed E-state index contributed by atoms with van der Waals surface area (Å²) in [6, 6.07) is 0. The lowest BCUT2D eigenvalue weighted by Gasteiger charge is -2.04. The van der Waals surface area contributed by atoms with Crippen LogP contribution in [0, 0.1) is 5.92 Å². The van der Waals surface area contributed by atoms with Gasteiger partial charge in [0.25, 0.3) is 0 Å². The molecule has 18 heavy (non-hydrogen) atoms. The van der Waals surface area contributed by atoms with Crippen LogP contribution in [0.5, 0.6) is 0 Å². The van der Waals surface area contributed by atoms with Crippen LogP contribution in [0.2, 0.25) is 0 Å². The van der Waals surface area contributed by atoms with Crippen molar-refractivity contribution < 1.29 is 0 Å². The molecule has 0 atom stereocenters. The number of rotatable bonds is 6. The summed E-state index contributed by atoms with van der Waals surface area (Å²) in [6.07, 6.45) is 5.44. The summed E-state index contributed by atoms with van der Waals surface area (Å²) >= 11 is 0. The molecule has 0 saturated carbocycles. The first-order chi connectivity index (χ1) is 8.65. The molecule has 2 aromatic rings. The van der Waals surface area contributed by atoms with Crippen LogP contribution < -0.4 is 5.32 Å². The second-order valence-electron chi connectivity index (χ2n) is 4.86. The van der Waals surface area contributed by atoms with Gasteiger partial charge in [-0.1, -0.05) is 13.8 Å². The molecule has 2 rings (SSSR count). The Labute approximate surface area is 107 Å². The van der Waals surface area contributed by atoms with E-state index in [-0.39, 0.29) is 0 Å². The van der Waals surface area contributed by atoms with Crippen molar-refractivity contribution in [1.82, 2.24) is 29.6 Å². The Morgan fingerprint density at radius 3 is 2.83 bits per heavy atom. The predicted molar refractivity (Wildman–Crippen MR) is 68.9 cm³/mol. The van der Waals surface area contributed by atoms with E-state index in [0.717, 1.165) is 24.6 Å². The van der Waals surface area contributed by atoms with Crippen molar-refractivity contribution >= 4 is 0 Å². The van der Waals surface area contributed by atoms with Crippen LogP contribution in [0.15, 0.2) is 18.9 Å². The highest BCUT2D eigenvalue weighted by Crippen LogP contribution is 2.00. The molecule has 0 aliphatic rings. The highest BCUT2D eigenvalue weighted by atomic mass is 15.3. The van der Waals surface area contributed by atoms with Crippen LogP contribution in [-0.4, -0.2) is 30.9 Å². The van der Waals surface area contributed by atoms with Gasteiger partial charge in [-0.25, -0.2) is 9.97 Å². The molecule has 0 bridgehead atoms. The predicted octanol–water partition coefficient (Wildman–Crippen LogP) is 0.805. The zero-order valence-electron chi connectivity index (χ0n) is 11.2. The van der Waals surface area contributed by atoms with Crippen LogP contribution >= 0.6 is 0 Å². The highest BCUT2D eigenvalue weighted by Gasteiger charge is 2.03. The van der Waals surface area contributed by atoms with Crippen molar-refractivity contribution in [3.63, 3.8) is 0 Å². The topological polar surface area (TPSA) is 60.6 Å². The molecule has 0 unspecified atom stereocenters. The van der Waals surface area contributed by atoms with Crippen LogP contribution in [0.1, 0.15) is 25.4 Å². The largest absolute Gasteiger partial charge is 0.330 e. The quantitative estimate of drug-likeness (QED) is 0.821. The number of aryl methyl sites for hydroxylation is 1. The Hall–Kier alpha value is -1.69. The first-order valence-electron chi connectivity index (χ1n) is 6.19. The molecule has 0 amide bonds. The van der Waals surface area contributed by atoms with Gasteiger partial charge in [-0.2, -0.15) is 5.10 Å². The maximum Gasteiger partial charge on any atom is 0.146 e. The Balaban J connectivity index is 1.88. The number of hydrogen-bond donors (Lipinski definition) is 1. The maximum atomic E-state index is 4.37. The van der Waals surface area contributed by atoms with Gasteiger partial charge in [0.15, 0.2) is 0 Å². The van der Waals surface area contributed by atoms with E-state index in [1.54, 1.807) is 11.0 Å². The summed E-state index contributed by atoms with van der Waals surface area (Å²) in [6.45, 7) is 6.91. The summed E-state index contributed by atoms with van der Waals surface area (Å²) in [5.41, 5.74) is 1.05. The second kappa shape index (κ2) is 5.77. The monoisotopic (exact) mass is 248 g/mol. The minimum Gasteiger partial charge on any atom is -0.330 e. The molecule has 0 radical (unpaired) electrons. The van der Waals surface area contributed by atoms with Crippen molar-refractivity contribution in [3.05, 3.63) is 30.4 Å². The van der Waals surface area contributed by atoms with Gasteiger partial charge in [0, 0.05) is 19.8 Å². The fourth-order valence-corrected chi connectivity index (χ4v) is 1.70. The average Bonchev–Trinajstić information content (AvgIpc) is 2.90. The normalized spacial score (nSPS) is 11.3. The standard InChI is InChI=1S/C12H20N6/c1-10(2)4-13-5-11-6-18(9-15-11)7-12-14-8-16-17(12)3/h6,8-10,13H,4-5,7H2,1-3H3. The van der Waals surface area contributed by atoms with Crippen LogP contribution in [0.25, 0.3) is 0 Å². The van der Waals surface area contributed by atoms with Crippen molar-refractivity contribution in [2.45, 2.75) is 26.9 Å². The smallest absolute Gasteiger partial charge is 0.146 e. The fraction of sp³-hybridized carbons (Fsp3) is 0.583. The van der Waals surface area contributed by atoms with E-state index in [0.29, 0.717) is 12.5 Å². The van der Waals surface area contributed by atoms with Crippen LogP contribution in [-0.2, 0) is 20.1 Å². The van der Waals surface area contributed by atoms with Gasteiger partial charge in [0.05, 0.1) is 18.6 Å². The zero-order valence-corrected chi connectivity index (χ0v) is 11.2. The molecule has 0 aliphatic carbocycles. The first-order valence-corrected chi connectivity index (χ1v) is 6.19. The number of aromatic nitrogens is 5. The van der Waals surface area contributed by atoms with Gasteiger partial charge in [0.2, 0.25) is 0 Å². The Bertz CT molecular complexity index is 484. The highest BCUT2D eigenvalue weighted by molar-refractivity contribution is 4.98. The lowest BCUT2D eigenvalue weighted by atomic mass is 10.2. The van der Waals surface area contributed by atoms with Gasteiger partial charge < -0.3 is 9.88 Å². The maximum absolute atomic E-state index is 4.37. The average molecular weight is 248 g/mol. The lowest BCUT2D eigenvalue weighted by molar-refractivity contribution is 0.548. The van der Waals surface area contributed by atoms with E-state index < -0.39 is 0 Å². The number of hydrogen-bond acceptors (Lipinski definition) is 4. The molecule has 0 aliphatic heterocycles. The first kappa shape index (κ1) is 12.8. The summed E-state index contributed by atoms with van der Waals surface area (Å²) < 4.78 is 3.80. The van der Waals surface area contributed by atoms with Crippen molar-refractivity contribution in [1.29, 1.82) is 0 Å². The lowest BCUT2D eigenvalue weighted by Crippen LogP contribution is -2.19. The zero-order chi connectivity index (χ0) is 13.0. The number of nitrogens with zero attached hydrogens (tertiary/aromatic N) is 5. The van der Waals surface area contributed by atoms with Gasteiger partial charge >= 0.3 is 0 Å². The Kier molecular flexibility index (Phi) is 4.09. The minimum absolute atomic E-state index is 0.658. The summed E-state index contributed by atoms with van der Waals surface area (Å²) in [7, 11) is 1.89. The molecule has 0 aromatic carbocycles. The molecular weight excluding hydrogens is 228 g/mol. The molecule has 6 nitrogen and oxygen atoms in total. The second-order valence-corrected chi connectivity index (χ2v) is 4.86. The van der Waals surface area contributed by atoms with Gasteiger partial charge in [-0.05, 0) is 12.5 Å². The van der Waals surface area contributed by atoms with E-state index in [4.69, 9.17) is 0 Å². The number of nitrogens with one attached hydrogen (secondary N) is 1. The molecule has 0 spiro atoms. The van der Waals surface area contributed by atoms with E-state index >= 15 is 0 Å². The Morgan fingerprint density at radius 2 is 2.17 bits per heavy atom. The molecule has 2 heterocycles. The van der Waals surface area contributed by atoms with E-state index in [9.17, 15) is 0 Å². The molecule has 0 fully saturated rings. The van der Waals surface area contributed by atoms with E-state index in [1.807, 2.05) is 24.1 Å². The number of imidazole rings is 1. The molecule has 98 valence electrons. The third-order valence-corrected chi connectivity index (χ3v) is 2.67. The third-order valence-electron chi connectivity index (χ3n) is 2.67. The summed E-state index contributed by atoms with van der Waals surface area (Å²) in [5, 5.41) is 7.42. The van der Waals surface area contributed by atoms with Crippen molar-refractivity contribution in [2.75, 3.05) is 6.54 Å². The Morgan fingerprint density at radius 1 is 1.33 bits per heavy atom. The van der Waals surface area contributed by atoms with E-state index in [1.165, 1.54) is 0 Å². The minimum atomic E-state index is 0.658. The fourth-order valence-electron chi connectivity index (χ4n) is 1.70. The molecule has 2 aromatic heterocycles. The van der Waals surface area contributed by atoms with Crippen LogP contribution in [0.4, 0.5) is 0 Å². The van der Waals surface area contributed by atoms with Gasteiger partial charge in [-0.15, -0.1) is 0 Å². The van der Waals surface area contributed by atoms with Crippen LogP contribution in [0.3, 0.4) is 0 Å². The van der Waals surface area contributed by atoms with Gasteiger partial charge in [-0.3, -0.25) is 4.68 Å². The molecule has 6 heteroatoms. The van der Waals surface area contributed by atoms with E-state index in [2.05, 4.69) is 34.2 Å². The molecule has 1 N–H and O–H groups in total. The molecular formula is C12H20N6. The van der Waals surface area contributed by atoms with Crippen molar-refractivity contribution in [3.8, 4) is 0 Å². The SMILES string of the molecule is CC(C)CNCc1cn(Cc2ncnn2C)cn1. The summed E-state index contributed by atoms with van der Waals surface area (Å²) in [4.78, 5) is 8.56. The summed E-state index contributed by atoms with van der Waals surface area (Å²) in [5.74, 6) is 1.58. The molecule has 0 saturated heterocycles. The third kappa shape index (κ3) is 3.40.